The molecule has 2 aromatic carbocycles. The van der Waals surface area contributed by atoms with Crippen molar-refractivity contribution in [1.82, 2.24) is 19.6 Å². The van der Waals surface area contributed by atoms with E-state index in [9.17, 15) is 4.39 Å². The normalized spacial score (nSPS) is 13.7. The van der Waals surface area contributed by atoms with E-state index in [0.717, 1.165) is 57.9 Å². The number of anilines is 2. The molecule has 0 atom stereocenters. The highest BCUT2D eigenvalue weighted by Crippen LogP contribution is 2.37. The van der Waals surface area contributed by atoms with Crippen molar-refractivity contribution in [3.63, 3.8) is 0 Å². The lowest BCUT2D eigenvalue weighted by Crippen LogP contribution is -2.17. The minimum absolute atomic E-state index is 0.291. The van der Waals surface area contributed by atoms with E-state index in [1.54, 1.807) is 12.1 Å². The van der Waals surface area contributed by atoms with Crippen molar-refractivity contribution >= 4 is 17.3 Å². The molecule has 1 saturated carbocycles. The van der Waals surface area contributed by atoms with Gasteiger partial charge in [-0.25, -0.2) is 18.9 Å². The van der Waals surface area contributed by atoms with Gasteiger partial charge < -0.3 is 16.4 Å². The SMILES string of the molecule is NCCNc1cccc2c(-c3cc(-c4ccccc4)nc(NC4CCCC4)n3)c(-c3ccc(F)cc3)nn12. The molecular formula is C30H30FN7. The van der Waals surface area contributed by atoms with Crippen LogP contribution in [0.25, 0.3) is 39.3 Å². The molecule has 3 heterocycles. The summed E-state index contributed by atoms with van der Waals surface area (Å²) < 4.78 is 15.7. The number of nitrogens with two attached hydrogens (primary N) is 1. The summed E-state index contributed by atoms with van der Waals surface area (Å²) in [5.41, 5.74) is 11.6. The van der Waals surface area contributed by atoms with Crippen molar-refractivity contribution in [3.05, 3.63) is 84.7 Å². The lowest BCUT2D eigenvalue weighted by molar-refractivity contribution is 0.628. The van der Waals surface area contributed by atoms with Gasteiger partial charge in [-0.05, 0) is 55.3 Å². The largest absolute Gasteiger partial charge is 0.369 e. The Bertz CT molecular complexity index is 1540. The van der Waals surface area contributed by atoms with E-state index in [1.165, 1.54) is 25.0 Å². The van der Waals surface area contributed by atoms with Crippen LogP contribution in [0.4, 0.5) is 16.2 Å². The van der Waals surface area contributed by atoms with Crippen molar-refractivity contribution in [1.29, 1.82) is 0 Å². The Morgan fingerprint density at radius 1 is 0.868 bits per heavy atom. The third-order valence-electron chi connectivity index (χ3n) is 6.97. The average Bonchev–Trinajstić information content (AvgIpc) is 3.61. The summed E-state index contributed by atoms with van der Waals surface area (Å²) in [6.45, 7) is 1.11. The molecule has 38 heavy (non-hydrogen) atoms. The average molecular weight is 508 g/mol. The predicted octanol–water partition coefficient (Wildman–Crippen LogP) is 5.99. The fourth-order valence-corrected chi connectivity index (χ4v) is 5.12. The molecule has 0 bridgehead atoms. The van der Waals surface area contributed by atoms with Crippen LogP contribution in [0, 0.1) is 5.82 Å². The summed E-state index contributed by atoms with van der Waals surface area (Å²) in [4.78, 5) is 9.92. The van der Waals surface area contributed by atoms with Crippen LogP contribution in [0.3, 0.4) is 0 Å². The van der Waals surface area contributed by atoms with E-state index < -0.39 is 0 Å². The first kappa shape index (κ1) is 24.1. The molecule has 3 aromatic heterocycles. The van der Waals surface area contributed by atoms with Gasteiger partial charge in [0.25, 0.3) is 0 Å². The third kappa shape index (κ3) is 4.82. The number of nitrogens with zero attached hydrogens (tertiary/aromatic N) is 4. The van der Waals surface area contributed by atoms with Crippen LogP contribution in [0.2, 0.25) is 0 Å². The molecule has 0 unspecified atom stereocenters. The number of fused-ring (bicyclic) bond motifs is 1. The van der Waals surface area contributed by atoms with Crippen molar-refractivity contribution in [2.45, 2.75) is 31.7 Å². The quantitative estimate of drug-likeness (QED) is 0.239. The molecule has 1 aliphatic carbocycles. The minimum atomic E-state index is -0.291. The van der Waals surface area contributed by atoms with Gasteiger partial charge in [-0.3, -0.25) is 0 Å². The summed E-state index contributed by atoms with van der Waals surface area (Å²) in [6, 6.07) is 24.9. The summed E-state index contributed by atoms with van der Waals surface area (Å²) in [6.07, 6.45) is 4.65. The maximum absolute atomic E-state index is 13.8. The van der Waals surface area contributed by atoms with Gasteiger partial charge in [0.1, 0.15) is 17.3 Å². The van der Waals surface area contributed by atoms with Gasteiger partial charge in [-0.1, -0.05) is 49.2 Å². The van der Waals surface area contributed by atoms with Gasteiger partial charge in [0, 0.05) is 30.3 Å². The van der Waals surface area contributed by atoms with Gasteiger partial charge >= 0.3 is 0 Å². The molecule has 4 N–H and O–H groups in total. The zero-order valence-corrected chi connectivity index (χ0v) is 21.1. The van der Waals surface area contributed by atoms with Crippen LogP contribution in [0.1, 0.15) is 25.7 Å². The molecule has 1 fully saturated rings. The smallest absolute Gasteiger partial charge is 0.224 e. The van der Waals surface area contributed by atoms with Crippen molar-refractivity contribution in [3.8, 4) is 33.8 Å². The van der Waals surface area contributed by atoms with E-state index in [1.807, 2.05) is 47.0 Å². The molecular weight excluding hydrogens is 477 g/mol. The number of hydrogen-bond donors (Lipinski definition) is 3. The molecule has 0 spiro atoms. The van der Waals surface area contributed by atoms with Gasteiger partial charge in [-0.15, -0.1) is 0 Å². The highest BCUT2D eigenvalue weighted by atomic mass is 19.1. The Labute approximate surface area is 221 Å². The lowest BCUT2D eigenvalue weighted by Gasteiger charge is -2.15. The molecule has 0 amide bonds. The van der Waals surface area contributed by atoms with Gasteiger partial charge in [0.15, 0.2) is 0 Å². The number of nitrogens with one attached hydrogen (secondary N) is 2. The molecule has 5 aromatic rings. The summed E-state index contributed by atoms with van der Waals surface area (Å²) >= 11 is 0. The van der Waals surface area contributed by atoms with Gasteiger partial charge in [0.2, 0.25) is 5.95 Å². The molecule has 0 aliphatic heterocycles. The fraction of sp³-hybridized carbons (Fsp3) is 0.233. The van der Waals surface area contributed by atoms with Crippen molar-refractivity contribution in [2.24, 2.45) is 5.73 Å². The lowest BCUT2D eigenvalue weighted by atomic mass is 10.0. The van der Waals surface area contributed by atoms with E-state index >= 15 is 0 Å². The standard InChI is InChI=1S/C30H30FN7/c31-22-15-13-21(14-16-22)29-28(26-11-6-12-27(33-18-17-32)38(26)37-29)25-19-24(20-7-2-1-3-8-20)35-30(36-25)34-23-9-4-5-10-23/h1-3,6-8,11-16,19,23,33H,4-5,9-10,17-18,32H2,(H,34,35,36). The summed E-state index contributed by atoms with van der Waals surface area (Å²) in [5, 5.41) is 11.9. The Hall–Kier alpha value is -4.30. The highest BCUT2D eigenvalue weighted by Gasteiger charge is 2.22. The second-order valence-corrected chi connectivity index (χ2v) is 9.61. The molecule has 7 nitrogen and oxygen atoms in total. The first-order chi connectivity index (χ1) is 18.7. The second-order valence-electron chi connectivity index (χ2n) is 9.61. The molecule has 0 saturated heterocycles. The summed E-state index contributed by atoms with van der Waals surface area (Å²) in [5.74, 6) is 1.14. The van der Waals surface area contributed by atoms with Crippen molar-refractivity contribution < 1.29 is 4.39 Å². The first-order valence-corrected chi connectivity index (χ1v) is 13.1. The van der Waals surface area contributed by atoms with E-state index in [2.05, 4.69) is 22.8 Å². The van der Waals surface area contributed by atoms with Crippen LogP contribution in [0.5, 0.6) is 0 Å². The number of rotatable bonds is 8. The number of aromatic nitrogens is 4. The predicted molar refractivity (Wildman–Crippen MR) is 150 cm³/mol. The zero-order chi connectivity index (χ0) is 25.9. The number of hydrogen-bond acceptors (Lipinski definition) is 6. The zero-order valence-electron chi connectivity index (χ0n) is 21.1. The fourth-order valence-electron chi connectivity index (χ4n) is 5.12. The monoisotopic (exact) mass is 507 g/mol. The Kier molecular flexibility index (Phi) is 6.71. The maximum atomic E-state index is 13.8. The molecule has 6 rings (SSSR count). The van der Waals surface area contributed by atoms with Crippen molar-refractivity contribution in [2.75, 3.05) is 23.7 Å². The Morgan fingerprint density at radius 2 is 1.63 bits per heavy atom. The second kappa shape index (κ2) is 10.6. The van der Waals surface area contributed by atoms with E-state index in [4.69, 9.17) is 20.8 Å². The van der Waals surface area contributed by atoms with E-state index in [-0.39, 0.29) is 5.82 Å². The molecule has 8 heteroatoms. The first-order valence-electron chi connectivity index (χ1n) is 13.1. The van der Waals surface area contributed by atoms with Crippen LogP contribution < -0.4 is 16.4 Å². The Balaban J connectivity index is 1.57. The summed E-state index contributed by atoms with van der Waals surface area (Å²) in [7, 11) is 0. The van der Waals surface area contributed by atoms with Crippen LogP contribution in [-0.2, 0) is 0 Å². The van der Waals surface area contributed by atoms with Crippen LogP contribution in [-0.4, -0.2) is 38.7 Å². The number of pyridine rings is 1. The number of halogens is 1. The Morgan fingerprint density at radius 3 is 2.39 bits per heavy atom. The number of benzene rings is 2. The van der Waals surface area contributed by atoms with Crippen LogP contribution in [0.15, 0.2) is 78.9 Å². The van der Waals surface area contributed by atoms with E-state index in [0.29, 0.717) is 25.1 Å². The third-order valence-corrected chi connectivity index (χ3v) is 6.97. The van der Waals surface area contributed by atoms with Gasteiger partial charge in [0.05, 0.1) is 22.5 Å². The topological polar surface area (TPSA) is 93.2 Å². The van der Waals surface area contributed by atoms with Crippen LogP contribution >= 0.6 is 0 Å². The molecule has 0 radical (unpaired) electrons. The molecule has 192 valence electrons. The maximum Gasteiger partial charge on any atom is 0.224 e. The minimum Gasteiger partial charge on any atom is -0.369 e. The van der Waals surface area contributed by atoms with Gasteiger partial charge in [-0.2, -0.15) is 5.10 Å². The molecule has 1 aliphatic rings. The highest BCUT2D eigenvalue weighted by molar-refractivity contribution is 5.92.